The highest BCUT2D eigenvalue weighted by Gasteiger charge is 2.26. The Bertz CT molecular complexity index is 219. The Labute approximate surface area is 108 Å². The van der Waals surface area contributed by atoms with Crippen molar-refractivity contribution >= 4 is 0 Å². The fourth-order valence-corrected chi connectivity index (χ4v) is 2.58. The fraction of sp³-hybridized carbons (Fsp3) is 1.00. The van der Waals surface area contributed by atoms with Crippen LogP contribution < -0.4 is 5.32 Å². The highest BCUT2D eigenvalue weighted by atomic mass is 15.2. The van der Waals surface area contributed by atoms with Gasteiger partial charge in [-0.1, -0.05) is 27.7 Å². The Kier molecular flexibility index (Phi) is 5.46. The van der Waals surface area contributed by atoms with Gasteiger partial charge in [-0.05, 0) is 57.7 Å². The molecule has 2 heteroatoms. The summed E-state index contributed by atoms with van der Waals surface area (Å²) in [6.07, 6.45) is 5.19. The van der Waals surface area contributed by atoms with Gasteiger partial charge in [0.25, 0.3) is 0 Å². The molecular formula is C15H32N2. The molecule has 1 N–H and O–H groups in total. The Hall–Kier alpha value is -0.0800. The Morgan fingerprint density at radius 1 is 1.29 bits per heavy atom. The van der Waals surface area contributed by atoms with E-state index >= 15 is 0 Å². The fourth-order valence-electron chi connectivity index (χ4n) is 2.58. The van der Waals surface area contributed by atoms with Crippen LogP contribution in [0.3, 0.4) is 0 Å². The molecule has 17 heavy (non-hydrogen) atoms. The first-order chi connectivity index (χ1) is 7.85. The van der Waals surface area contributed by atoms with Gasteiger partial charge in [0.15, 0.2) is 0 Å². The lowest BCUT2D eigenvalue weighted by Crippen LogP contribution is -2.48. The molecule has 1 heterocycles. The average Bonchev–Trinajstić information content (AvgIpc) is 2.39. The van der Waals surface area contributed by atoms with Gasteiger partial charge >= 0.3 is 0 Å². The first kappa shape index (κ1) is 15.0. The minimum Gasteiger partial charge on any atom is -0.310 e. The second-order valence-corrected chi connectivity index (χ2v) is 7.13. The van der Waals surface area contributed by atoms with Gasteiger partial charge in [-0.3, -0.25) is 0 Å². The molecule has 0 bridgehead atoms. The van der Waals surface area contributed by atoms with E-state index in [0.29, 0.717) is 11.0 Å². The lowest BCUT2D eigenvalue weighted by Gasteiger charge is -2.33. The SMILES string of the molecule is CCC1(C)CN(CCCC(C)(C)C)CCCN1. The van der Waals surface area contributed by atoms with Gasteiger partial charge in [0, 0.05) is 12.1 Å². The van der Waals surface area contributed by atoms with E-state index in [0.717, 1.165) is 0 Å². The van der Waals surface area contributed by atoms with Gasteiger partial charge < -0.3 is 10.2 Å². The molecule has 0 aromatic heterocycles. The maximum atomic E-state index is 3.70. The summed E-state index contributed by atoms with van der Waals surface area (Å²) in [5.74, 6) is 0. The summed E-state index contributed by atoms with van der Waals surface area (Å²) in [6.45, 7) is 16.6. The van der Waals surface area contributed by atoms with Gasteiger partial charge in [-0.15, -0.1) is 0 Å². The van der Waals surface area contributed by atoms with Crippen molar-refractivity contribution < 1.29 is 0 Å². The average molecular weight is 240 g/mol. The zero-order valence-electron chi connectivity index (χ0n) is 12.6. The van der Waals surface area contributed by atoms with Gasteiger partial charge in [0.05, 0.1) is 0 Å². The van der Waals surface area contributed by atoms with Crippen LogP contribution in [0.25, 0.3) is 0 Å². The third-order valence-corrected chi connectivity index (χ3v) is 3.96. The van der Waals surface area contributed by atoms with Crippen molar-refractivity contribution in [3.63, 3.8) is 0 Å². The topological polar surface area (TPSA) is 15.3 Å². The summed E-state index contributed by atoms with van der Waals surface area (Å²) in [5, 5.41) is 3.70. The molecule has 2 nitrogen and oxygen atoms in total. The Morgan fingerprint density at radius 2 is 2.00 bits per heavy atom. The molecular weight excluding hydrogens is 208 g/mol. The monoisotopic (exact) mass is 240 g/mol. The number of hydrogen-bond acceptors (Lipinski definition) is 2. The molecule has 1 fully saturated rings. The predicted molar refractivity (Wildman–Crippen MR) is 76.4 cm³/mol. The second kappa shape index (κ2) is 6.19. The van der Waals surface area contributed by atoms with Crippen LogP contribution in [0, 0.1) is 5.41 Å². The van der Waals surface area contributed by atoms with E-state index in [9.17, 15) is 0 Å². The van der Waals surface area contributed by atoms with Crippen molar-refractivity contribution in [3.8, 4) is 0 Å². The highest BCUT2D eigenvalue weighted by Crippen LogP contribution is 2.22. The summed E-state index contributed by atoms with van der Waals surface area (Å²) in [5.41, 5.74) is 0.816. The molecule has 0 radical (unpaired) electrons. The normalized spacial score (nSPS) is 28.1. The molecule has 0 aromatic carbocycles. The van der Waals surface area contributed by atoms with Crippen LogP contribution in [-0.4, -0.2) is 36.6 Å². The third kappa shape index (κ3) is 5.87. The van der Waals surface area contributed by atoms with E-state index in [4.69, 9.17) is 0 Å². The van der Waals surface area contributed by atoms with Crippen LogP contribution in [-0.2, 0) is 0 Å². The summed E-state index contributed by atoms with van der Waals surface area (Å²) >= 11 is 0. The van der Waals surface area contributed by atoms with Crippen LogP contribution in [0.15, 0.2) is 0 Å². The second-order valence-electron chi connectivity index (χ2n) is 7.13. The van der Waals surface area contributed by atoms with Crippen molar-refractivity contribution in [2.45, 2.75) is 65.8 Å². The molecule has 0 saturated carbocycles. The molecule has 1 aliphatic heterocycles. The smallest absolute Gasteiger partial charge is 0.0277 e. The van der Waals surface area contributed by atoms with Crippen LogP contribution in [0.5, 0.6) is 0 Å². The first-order valence-electron chi connectivity index (χ1n) is 7.32. The maximum absolute atomic E-state index is 3.70. The van der Waals surface area contributed by atoms with Gasteiger partial charge in [0.2, 0.25) is 0 Å². The highest BCUT2D eigenvalue weighted by molar-refractivity contribution is 4.87. The van der Waals surface area contributed by atoms with Gasteiger partial charge in [-0.2, -0.15) is 0 Å². The molecule has 102 valence electrons. The Morgan fingerprint density at radius 3 is 2.59 bits per heavy atom. The number of rotatable bonds is 4. The van der Waals surface area contributed by atoms with E-state index in [1.54, 1.807) is 0 Å². The van der Waals surface area contributed by atoms with Crippen LogP contribution in [0.4, 0.5) is 0 Å². The van der Waals surface area contributed by atoms with Crippen molar-refractivity contribution in [2.75, 3.05) is 26.2 Å². The molecule has 1 rings (SSSR count). The molecule has 0 aromatic rings. The molecule has 0 amide bonds. The first-order valence-corrected chi connectivity index (χ1v) is 7.32. The molecule has 1 unspecified atom stereocenters. The Balaban J connectivity index is 2.36. The van der Waals surface area contributed by atoms with Crippen molar-refractivity contribution in [2.24, 2.45) is 5.41 Å². The van der Waals surface area contributed by atoms with E-state index in [1.807, 2.05) is 0 Å². The lowest BCUT2D eigenvalue weighted by molar-refractivity contribution is 0.203. The number of nitrogens with one attached hydrogen (secondary N) is 1. The minimum atomic E-state index is 0.332. The molecule has 1 aliphatic rings. The van der Waals surface area contributed by atoms with Gasteiger partial charge in [-0.25, -0.2) is 0 Å². The van der Waals surface area contributed by atoms with E-state index in [1.165, 1.54) is 51.9 Å². The van der Waals surface area contributed by atoms with Crippen molar-refractivity contribution in [1.29, 1.82) is 0 Å². The van der Waals surface area contributed by atoms with Crippen molar-refractivity contribution in [3.05, 3.63) is 0 Å². The molecule has 1 saturated heterocycles. The zero-order chi connectivity index (χ0) is 12.9. The largest absolute Gasteiger partial charge is 0.310 e. The predicted octanol–water partition coefficient (Wildman–Crippen LogP) is 3.28. The van der Waals surface area contributed by atoms with Crippen LogP contribution in [0.2, 0.25) is 0 Å². The molecule has 1 atom stereocenters. The molecule has 0 spiro atoms. The quantitative estimate of drug-likeness (QED) is 0.811. The molecule has 0 aliphatic carbocycles. The van der Waals surface area contributed by atoms with Crippen molar-refractivity contribution in [1.82, 2.24) is 10.2 Å². The van der Waals surface area contributed by atoms with E-state index < -0.39 is 0 Å². The number of hydrogen-bond donors (Lipinski definition) is 1. The summed E-state index contributed by atoms with van der Waals surface area (Å²) in [6, 6.07) is 0. The summed E-state index contributed by atoms with van der Waals surface area (Å²) < 4.78 is 0. The minimum absolute atomic E-state index is 0.332. The van der Waals surface area contributed by atoms with E-state index in [-0.39, 0.29) is 0 Å². The maximum Gasteiger partial charge on any atom is 0.0277 e. The summed E-state index contributed by atoms with van der Waals surface area (Å²) in [7, 11) is 0. The number of nitrogens with zero attached hydrogens (tertiary/aromatic N) is 1. The lowest BCUT2D eigenvalue weighted by atomic mass is 9.90. The van der Waals surface area contributed by atoms with Gasteiger partial charge in [0.1, 0.15) is 0 Å². The van der Waals surface area contributed by atoms with Crippen LogP contribution in [0.1, 0.15) is 60.3 Å². The van der Waals surface area contributed by atoms with Crippen LogP contribution >= 0.6 is 0 Å². The van der Waals surface area contributed by atoms with E-state index in [2.05, 4.69) is 44.8 Å². The summed E-state index contributed by atoms with van der Waals surface area (Å²) in [4.78, 5) is 2.66. The standard InChI is InChI=1S/C15H32N2/c1-6-15(5)13-17(12-8-10-16-15)11-7-9-14(2,3)4/h16H,6-13H2,1-5H3. The zero-order valence-corrected chi connectivity index (χ0v) is 12.6. The third-order valence-electron chi connectivity index (χ3n) is 3.96.